The average molecular weight is 209 g/mol. The van der Waals surface area contributed by atoms with E-state index in [1.807, 2.05) is 13.8 Å². The van der Waals surface area contributed by atoms with Crippen molar-refractivity contribution in [1.29, 1.82) is 0 Å². The van der Waals surface area contributed by atoms with Crippen LogP contribution >= 0.6 is 8.03 Å². The van der Waals surface area contributed by atoms with Crippen LogP contribution in [0.2, 0.25) is 0 Å². The van der Waals surface area contributed by atoms with Crippen molar-refractivity contribution in [2.45, 2.75) is 26.1 Å². The van der Waals surface area contributed by atoms with E-state index in [0.29, 0.717) is 6.42 Å². The van der Waals surface area contributed by atoms with Gasteiger partial charge < -0.3 is 15.7 Å². The topological polar surface area (TPSA) is 101 Å². The van der Waals surface area contributed by atoms with Gasteiger partial charge in [-0.1, -0.05) is 13.8 Å². The first-order valence-corrected chi connectivity index (χ1v) is 5.50. The molecule has 0 aliphatic rings. The number of hydrogen-bond acceptors (Lipinski definition) is 3. The maximum Gasteiger partial charge on any atom is 0.308 e. The minimum atomic E-state index is -2.95. The third-order valence-corrected chi connectivity index (χ3v) is 2.73. The highest BCUT2D eigenvalue weighted by Gasteiger charge is 2.29. The summed E-state index contributed by atoms with van der Waals surface area (Å²) < 4.78 is 10.6. The van der Waals surface area contributed by atoms with Gasteiger partial charge in [-0.3, -0.25) is 9.36 Å². The van der Waals surface area contributed by atoms with Gasteiger partial charge in [0.15, 0.2) is 0 Å². The van der Waals surface area contributed by atoms with E-state index in [9.17, 15) is 9.36 Å². The standard InChI is InChI=1S/C7H16NO4P/c1-4(2)3-5(7(9)10)6(8)13(11)12/h4-6,13H,3,8H2,1-2H3,(H,9,10)(H,11,12). The van der Waals surface area contributed by atoms with Crippen molar-refractivity contribution >= 4 is 14.0 Å². The van der Waals surface area contributed by atoms with E-state index in [1.165, 1.54) is 0 Å². The molecule has 0 saturated heterocycles. The molecule has 6 heteroatoms. The molecule has 0 aromatic heterocycles. The maximum absolute atomic E-state index is 10.7. The molecule has 0 aliphatic carbocycles. The van der Waals surface area contributed by atoms with Gasteiger partial charge in [0.1, 0.15) is 0 Å². The minimum absolute atomic E-state index is 0.147. The van der Waals surface area contributed by atoms with Crippen molar-refractivity contribution in [2.75, 3.05) is 0 Å². The first-order valence-electron chi connectivity index (χ1n) is 4.07. The summed E-state index contributed by atoms with van der Waals surface area (Å²) in [4.78, 5) is 19.4. The third-order valence-electron chi connectivity index (χ3n) is 1.76. The molecule has 13 heavy (non-hydrogen) atoms. The lowest BCUT2D eigenvalue weighted by molar-refractivity contribution is -0.142. The Balaban J connectivity index is 4.42. The van der Waals surface area contributed by atoms with Crippen LogP contribution in [0.15, 0.2) is 0 Å². The Hall–Kier alpha value is -0.380. The predicted octanol–water partition coefficient (Wildman–Crippen LogP) is 0.485. The van der Waals surface area contributed by atoms with Crippen LogP contribution in [0.1, 0.15) is 20.3 Å². The number of hydrogen-bond donors (Lipinski definition) is 3. The zero-order chi connectivity index (χ0) is 10.6. The number of aliphatic carboxylic acids is 1. The van der Waals surface area contributed by atoms with Crippen LogP contribution in [0.4, 0.5) is 0 Å². The molecule has 0 aromatic rings. The van der Waals surface area contributed by atoms with Gasteiger partial charge in [0, 0.05) is 0 Å². The predicted molar refractivity (Wildman–Crippen MR) is 49.8 cm³/mol. The van der Waals surface area contributed by atoms with E-state index in [4.69, 9.17) is 15.7 Å². The van der Waals surface area contributed by atoms with Gasteiger partial charge in [-0.15, -0.1) is 0 Å². The first-order chi connectivity index (χ1) is 5.86. The lowest BCUT2D eigenvalue weighted by Crippen LogP contribution is -2.33. The van der Waals surface area contributed by atoms with Gasteiger partial charge in [0.25, 0.3) is 0 Å². The molecule has 0 spiro atoms. The van der Waals surface area contributed by atoms with Crippen molar-refractivity contribution in [1.82, 2.24) is 0 Å². The molecule has 3 unspecified atom stereocenters. The maximum atomic E-state index is 10.7. The van der Waals surface area contributed by atoms with Gasteiger partial charge in [-0.05, 0) is 12.3 Å². The Morgan fingerprint density at radius 2 is 2.00 bits per heavy atom. The zero-order valence-electron chi connectivity index (χ0n) is 7.73. The fourth-order valence-electron chi connectivity index (χ4n) is 1.08. The molecular weight excluding hydrogens is 193 g/mol. The number of carboxylic acid groups (broad SMARTS) is 1. The van der Waals surface area contributed by atoms with Crippen LogP contribution in [0.3, 0.4) is 0 Å². The van der Waals surface area contributed by atoms with E-state index in [-0.39, 0.29) is 5.92 Å². The Bertz CT molecular complexity index is 207. The van der Waals surface area contributed by atoms with Gasteiger partial charge in [0.05, 0.1) is 11.7 Å². The number of nitrogens with two attached hydrogens (primary N) is 1. The van der Waals surface area contributed by atoms with E-state index in [1.54, 1.807) is 0 Å². The molecule has 0 amide bonds. The van der Waals surface area contributed by atoms with E-state index in [2.05, 4.69) is 0 Å². The number of carbonyl (C=O) groups is 1. The average Bonchev–Trinajstić information content (AvgIpc) is 1.97. The molecular formula is C7H16NO4P. The van der Waals surface area contributed by atoms with Gasteiger partial charge in [0.2, 0.25) is 8.03 Å². The molecule has 0 radical (unpaired) electrons. The van der Waals surface area contributed by atoms with Crippen molar-refractivity contribution in [3.63, 3.8) is 0 Å². The molecule has 78 valence electrons. The SMILES string of the molecule is CC(C)CC(C(=O)O)C(N)[PH](=O)O. The smallest absolute Gasteiger partial charge is 0.308 e. The molecule has 0 aromatic carbocycles. The Morgan fingerprint density at radius 3 is 2.23 bits per heavy atom. The largest absolute Gasteiger partial charge is 0.481 e. The van der Waals surface area contributed by atoms with Crippen LogP contribution in [-0.4, -0.2) is 21.8 Å². The van der Waals surface area contributed by atoms with E-state index in [0.717, 1.165) is 0 Å². The quantitative estimate of drug-likeness (QED) is 0.572. The van der Waals surface area contributed by atoms with Crippen LogP contribution in [0, 0.1) is 11.8 Å². The number of rotatable bonds is 5. The highest BCUT2D eigenvalue weighted by atomic mass is 31.1. The van der Waals surface area contributed by atoms with Crippen molar-refractivity contribution in [3.05, 3.63) is 0 Å². The summed E-state index contributed by atoms with van der Waals surface area (Å²) in [7, 11) is -2.95. The lowest BCUT2D eigenvalue weighted by atomic mass is 9.97. The number of carboxylic acids is 1. The van der Waals surface area contributed by atoms with Crippen LogP contribution in [0.25, 0.3) is 0 Å². The molecule has 3 atom stereocenters. The van der Waals surface area contributed by atoms with Crippen molar-refractivity contribution < 1.29 is 19.4 Å². The van der Waals surface area contributed by atoms with E-state index < -0.39 is 25.7 Å². The Labute approximate surface area is 77.8 Å². The second-order valence-electron chi connectivity index (χ2n) is 3.44. The summed E-state index contributed by atoms with van der Waals surface area (Å²) in [5, 5.41) is 8.73. The molecule has 0 aliphatic heterocycles. The monoisotopic (exact) mass is 209 g/mol. The second kappa shape index (κ2) is 5.37. The molecule has 0 bridgehead atoms. The van der Waals surface area contributed by atoms with Crippen molar-refractivity contribution in [3.8, 4) is 0 Å². The highest BCUT2D eigenvalue weighted by molar-refractivity contribution is 7.38. The normalized spacial score (nSPS) is 18.2. The zero-order valence-corrected chi connectivity index (χ0v) is 8.73. The summed E-state index contributed by atoms with van der Waals surface area (Å²) in [5.41, 5.74) is 5.31. The fourth-order valence-corrected chi connectivity index (χ4v) is 1.70. The van der Waals surface area contributed by atoms with Crippen LogP contribution in [-0.2, 0) is 9.36 Å². The summed E-state index contributed by atoms with van der Waals surface area (Å²) in [6, 6.07) is 0. The summed E-state index contributed by atoms with van der Waals surface area (Å²) in [5.74, 6) is -3.01. The molecule has 0 heterocycles. The van der Waals surface area contributed by atoms with Crippen molar-refractivity contribution in [2.24, 2.45) is 17.6 Å². The first kappa shape index (κ1) is 12.6. The van der Waals surface area contributed by atoms with E-state index >= 15 is 0 Å². The highest BCUT2D eigenvalue weighted by Crippen LogP contribution is 2.28. The molecule has 0 saturated carbocycles. The molecule has 4 N–H and O–H groups in total. The van der Waals surface area contributed by atoms with Gasteiger partial charge in [-0.25, -0.2) is 0 Å². The lowest BCUT2D eigenvalue weighted by Gasteiger charge is -2.18. The van der Waals surface area contributed by atoms with Gasteiger partial charge in [-0.2, -0.15) is 0 Å². The minimum Gasteiger partial charge on any atom is -0.481 e. The second-order valence-corrected chi connectivity index (χ2v) is 4.78. The Kier molecular flexibility index (Phi) is 5.21. The molecule has 5 nitrogen and oxygen atoms in total. The van der Waals surface area contributed by atoms with Gasteiger partial charge >= 0.3 is 5.97 Å². The summed E-state index contributed by atoms with van der Waals surface area (Å²) in [6.45, 7) is 3.69. The molecule has 0 rings (SSSR count). The third kappa shape index (κ3) is 4.41. The fraction of sp³-hybridized carbons (Fsp3) is 0.857. The Morgan fingerprint density at radius 1 is 1.54 bits per heavy atom. The van der Waals surface area contributed by atoms with Crippen LogP contribution < -0.4 is 5.73 Å². The molecule has 0 fully saturated rings. The van der Waals surface area contributed by atoms with Crippen LogP contribution in [0.5, 0.6) is 0 Å². The summed E-state index contributed by atoms with van der Waals surface area (Å²) >= 11 is 0. The summed E-state index contributed by atoms with van der Waals surface area (Å²) in [6.07, 6.45) is 0.327.